The third-order valence-electron chi connectivity index (χ3n) is 3.52. The molecule has 0 saturated heterocycles. The molecule has 3 rings (SSSR count). The maximum Gasteiger partial charge on any atom is 0.0698 e. The maximum absolute atomic E-state index is 8.64. The molecule has 2 N–H and O–H groups in total. The molecule has 0 bridgehead atoms. The van der Waals surface area contributed by atoms with Crippen LogP contribution in [0.4, 0.5) is 5.69 Å². The molecule has 3 aromatic carbocycles. The van der Waals surface area contributed by atoms with E-state index in [0.29, 0.717) is 13.2 Å². The molecule has 0 spiro atoms. The van der Waals surface area contributed by atoms with Crippen LogP contribution in [0.15, 0.2) is 54.6 Å². The minimum Gasteiger partial charge on any atom is -0.394 e. The molecule has 21 heavy (non-hydrogen) atoms. The molecular weight excluding hydrogens is 262 g/mol. The minimum absolute atomic E-state index is 0.0725. The van der Waals surface area contributed by atoms with E-state index in [2.05, 4.69) is 59.9 Å². The molecule has 3 nitrogen and oxygen atoms in total. The van der Waals surface area contributed by atoms with Gasteiger partial charge in [-0.3, -0.25) is 0 Å². The zero-order valence-corrected chi connectivity index (χ0v) is 11.9. The predicted octanol–water partition coefficient (Wildman–Crippen LogP) is 3.41. The van der Waals surface area contributed by atoms with Crippen LogP contribution in [-0.2, 0) is 4.74 Å². The summed E-state index contributed by atoms with van der Waals surface area (Å²) < 4.78 is 5.24. The second-order valence-corrected chi connectivity index (χ2v) is 5.02. The van der Waals surface area contributed by atoms with Crippen molar-refractivity contribution in [1.29, 1.82) is 0 Å². The van der Waals surface area contributed by atoms with E-state index in [0.717, 1.165) is 12.2 Å². The summed E-state index contributed by atoms with van der Waals surface area (Å²) in [6.07, 6.45) is 0. The molecule has 3 aromatic rings. The van der Waals surface area contributed by atoms with Gasteiger partial charge in [0, 0.05) is 12.2 Å². The molecule has 0 aliphatic carbocycles. The van der Waals surface area contributed by atoms with Crippen LogP contribution in [0.3, 0.4) is 0 Å². The highest BCUT2D eigenvalue weighted by atomic mass is 16.5. The molecule has 0 amide bonds. The molecular formula is C18H19NO2. The largest absolute Gasteiger partial charge is 0.394 e. The van der Waals surface area contributed by atoms with Crippen molar-refractivity contribution in [2.24, 2.45) is 0 Å². The lowest BCUT2D eigenvalue weighted by molar-refractivity contribution is 0.0992. The number of hydrogen-bond acceptors (Lipinski definition) is 3. The summed E-state index contributed by atoms with van der Waals surface area (Å²) in [6, 6.07) is 19.2. The summed E-state index contributed by atoms with van der Waals surface area (Å²) in [7, 11) is 0. The lowest BCUT2D eigenvalue weighted by Gasteiger charge is -2.09. The van der Waals surface area contributed by atoms with Gasteiger partial charge in [-0.15, -0.1) is 0 Å². The second-order valence-electron chi connectivity index (χ2n) is 5.02. The number of fused-ring (bicyclic) bond motifs is 2. The third-order valence-corrected chi connectivity index (χ3v) is 3.52. The zero-order valence-electron chi connectivity index (χ0n) is 11.9. The Morgan fingerprint density at radius 3 is 2.29 bits per heavy atom. The van der Waals surface area contributed by atoms with Gasteiger partial charge in [0.25, 0.3) is 0 Å². The van der Waals surface area contributed by atoms with Gasteiger partial charge in [-0.25, -0.2) is 0 Å². The first-order valence-electron chi connectivity index (χ1n) is 7.22. The van der Waals surface area contributed by atoms with Crippen molar-refractivity contribution in [3.05, 3.63) is 54.6 Å². The third kappa shape index (κ3) is 3.32. The molecule has 0 fully saturated rings. The molecule has 3 heteroatoms. The molecule has 0 aliphatic rings. The Balaban J connectivity index is 1.77. The molecule has 0 saturated carbocycles. The highest BCUT2D eigenvalue weighted by Crippen LogP contribution is 2.25. The van der Waals surface area contributed by atoms with Crippen molar-refractivity contribution in [3.63, 3.8) is 0 Å². The number of rotatable bonds is 6. The van der Waals surface area contributed by atoms with E-state index in [1.807, 2.05) is 0 Å². The lowest BCUT2D eigenvalue weighted by atomic mass is 10.0. The van der Waals surface area contributed by atoms with Crippen molar-refractivity contribution in [1.82, 2.24) is 0 Å². The summed E-state index contributed by atoms with van der Waals surface area (Å²) in [6.45, 7) is 1.80. The van der Waals surface area contributed by atoms with E-state index >= 15 is 0 Å². The van der Waals surface area contributed by atoms with E-state index in [1.54, 1.807) is 0 Å². The fourth-order valence-electron chi connectivity index (χ4n) is 2.48. The Kier molecular flexibility index (Phi) is 4.34. The van der Waals surface area contributed by atoms with Gasteiger partial charge in [0.2, 0.25) is 0 Å². The first kappa shape index (κ1) is 13.9. The first-order valence-corrected chi connectivity index (χ1v) is 7.22. The molecule has 0 unspecified atom stereocenters. The summed E-state index contributed by atoms with van der Waals surface area (Å²) in [5.74, 6) is 0. The predicted molar refractivity (Wildman–Crippen MR) is 87.8 cm³/mol. The Bertz CT molecular complexity index is 739. The fourth-order valence-corrected chi connectivity index (χ4v) is 2.48. The molecule has 0 aliphatic heterocycles. The van der Waals surface area contributed by atoms with E-state index in [9.17, 15) is 0 Å². The molecule has 0 radical (unpaired) electrons. The average molecular weight is 281 g/mol. The van der Waals surface area contributed by atoms with Gasteiger partial charge in [-0.2, -0.15) is 0 Å². The van der Waals surface area contributed by atoms with Crippen LogP contribution < -0.4 is 5.32 Å². The van der Waals surface area contributed by atoms with Crippen LogP contribution in [-0.4, -0.2) is 31.5 Å². The summed E-state index contributed by atoms with van der Waals surface area (Å²) in [5, 5.41) is 17.0. The number of anilines is 1. The monoisotopic (exact) mass is 281 g/mol. The van der Waals surface area contributed by atoms with Gasteiger partial charge in [0.05, 0.1) is 19.8 Å². The summed E-state index contributed by atoms with van der Waals surface area (Å²) in [5.41, 5.74) is 1.09. The Labute approximate surface area is 124 Å². The highest BCUT2D eigenvalue weighted by Gasteiger charge is 1.99. The van der Waals surface area contributed by atoms with Crippen LogP contribution in [0.1, 0.15) is 0 Å². The van der Waals surface area contributed by atoms with Gasteiger partial charge in [0.15, 0.2) is 0 Å². The van der Waals surface area contributed by atoms with Crippen molar-refractivity contribution in [2.45, 2.75) is 0 Å². The van der Waals surface area contributed by atoms with Crippen LogP contribution >= 0.6 is 0 Å². The quantitative estimate of drug-likeness (QED) is 0.537. The lowest BCUT2D eigenvalue weighted by Crippen LogP contribution is -2.11. The van der Waals surface area contributed by atoms with Crippen LogP contribution in [0.5, 0.6) is 0 Å². The summed E-state index contributed by atoms with van der Waals surface area (Å²) >= 11 is 0. The number of benzene rings is 3. The number of aliphatic hydroxyl groups is 1. The van der Waals surface area contributed by atoms with Gasteiger partial charge in [-0.1, -0.05) is 30.3 Å². The number of aliphatic hydroxyl groups excluding tert-OH is 1. The normalized spacial score (nSPS) is 11.1. The van der Waals surface area contributed by atoms with Gasteiger partial charge in [-0.05, 0) is 45.8 Å². The Morgan fingerprint density at radius 1 is 0.810 bits per heavy atom. The van der Waals surface area contributed by atoms with E-state index in [1.165, 1.54) is 21.5 Å². The highest BCUT2D eigenvalue weighted by molar-refractivity contribution is 5.99. The van der Waals surface area contributed by atoms with E-state index in [-0.39, 0.29) is 6.61 Å². The van der Waals surface area contributed by atoms with Crippen LogP contribution in [0, 0.1) is 0 Å². The van der Waals surface area contributed by atoms with E-state index in [4.69, 9.17) is 9.84 Å². The van der Waals surface area contributed by atoms with Crippen LogP contribution in [0.2, 0.25) is 0 Å². The van der Waals surface area contributed by atoms with Gasteiger partial charge >= 0.3 is 0 Å². The van der Waals surface area contributed by atoms with Gasteiger partial charge < -0.3 is 15.2 Å². The standard InChI is InChI=1S/C18H19NO2/c20-8-10-21-9-7-19-18-6-5-16-11-14-3-1-2-4-15(14)12-17(16)13-18/h1-6,11-13,19-20H,7-10H2. The van der Waals surface area contributed by atoms with E-state index < -0.39 is 0 Å². The Morgan fingerprint density at radius 2 is 1.52 bits per heavy atom. The van der Waals surface area contributed by atoms with Crippen molar-refractivity contribution < 1.29 is 9.84 Å². The SMILES string of the molecule is OCCOCCNc1ccc2cc3ccccc3cc2c1. The van der Waals surface area contributed by atoms with Crippen molar-refractivity contribution in [3.8, 4) is 0 Å². The molecule has 0 heterocycles. The zero-order chi connectivity index (χ0) is 14.5. The number of nitrogens with one attached hydrogen (secondary N) is 1. The summed E-state index contributed by atoms with van der Waals surface area (Å²) in [4.78, 5) is 0. The Hall–Kier alpha value is -2.10. The smallest absolute Gasteiger partial charge is 0.0698 e. The maximum atomic E-state index is 8.64. The van der Waals surface area contributed by atoms with Crippen LogP contribution in [0.25, 0.3) is 21.5 Å². The molecule has 108 valence electrons. The second kappa shape index (κ2) is 6.57. The average Bonchev–Trinajstić information content (AvgIpc) is 2.52. The first-order chi connectivity index (χ1) is 10.4. The van der Waals surface area contributed by atoms with Gasteiger partial charge in [0.1, 0.15) is 0 Å². The topological polar surface area (TPSA) is 41.5 Å². The molecule has 0 aromatic heterocycles. The fraction of sp³-hybridized carbons (Fsp3) is 0.222. The molecule has 0 atom stereocenters. The van der Waals surface area contributed by atoms with Crippen molar-refractivity contribution in [2.75, 3.05) is 31.7 Å². The van der Waals surface area contributed by atoms with Crippen molar-refractivity contribution >= 4 is 27.2 Å². The number of ether oxygens (including phenoxy) is 1. The number of hydrogen-bond donors (Lipinski definition) is 2. The minimum atomic E-state index is 0.0725.